The molecule has 116 valence electrons. The van der Waals surface area contributed by atoms with Gasteiger partial charge < -0.3 is 10.2 Å². The lowest BCUT2D eigenvalue weighted by Gasteiger charge is -2.46. The Labute approximate surface area is 130 Å². The first-order valence-corrected chi connectivity index (χ1v) is 7.78. The fourth-order valence-electron chi connectivity index (χ4n) is 3.53. The predicted molar refractivity (Wildman–Crippen MR) is 82.9 cm³/mol. The summed E-state index contributed by atoms with van der Waals surface area (Å²) in [7, 11) is 1.84. The molecule has 2 heterocycles. The zero-order chi connectivity index (χ0) is 15.6. The molecule has 0 aromatic carbocycles. The minimum Gasteiger partial charge on any atom is -0.351 e. The van der Waals surface area contributed by atoms with Crippen molar-refractivity contribution in [2.75, 3.05) is 13.6 Å². The van der Waals surface area contributed by atoms with E-state index >= 15 is 0 Å². The number of hydrogen-bond donors (Lipinski definition) is 1. The van der Waals surface area contributed by atoms with Gasteiger partial charge in [-0.1, -0.05) is 6.08 Å². The number of allylic oxidation sites excluding steroid dienone is 1. The van der Waals surface area contributed by atoms with Crippen LogP contribution >= 0.6 is 0 Å². The van der Waals surface area contributed by atoms with Gasteiger partial charge in [-0.3, -0.25) is 14.6 Å². The van der Waals surface area contributed by atoms with Crippen LogP contribution in [0, 0.1) is 5.41 Å². The lowest BCUT2D eigenvalue weighted by molar-refractivity contribution is -0.132. The molecule has 1 aromatic rings. The normalized spacial score (nSPS) is 24.5. The first-order chi connectivity index (χ1) is 10.6. The van der Waals surface area contributed by atoms with Crippen LogP contribution in [0.5, 0.6) is 0 Å². The number of likely N-dealkylation sites (tertiary alicyclic amines) is 1. The predicted octanol–water partition coefficient (Wildman–Crippen LogP) is 2.12. The van der Waals surface area contributed by atoms with E-state index in [1.165, 1.54) is 0 Å². The van der Waals surface area contributed by atoms with Crippen molar-refractivity contribution in [3.63, 3.8) is 0 Å². The molecule has 0 bridgehead atoms. The molecule has 2 amide bonds. The molecule has 1 fully saturated rings. The van der Waals surface area contributed by atoms with Gasteiger partial charge in [-0.15, -0.1) is 0 Å². The van der Waals surface area contributed by atoms with Gasteiger partial charge in [0.2, 0.25) is 5.91 Å². The number of amides is 2. The highest BCUT2D eigenvalue weighted by atomic mass is 16.2. The number of piperidine rings is 1. The molecule has 0 saturated carbocycles. The largest absolute Gasteiger partial charge is 0.351 e. The lowest BCUT2D eigenvalue weighted by Crippen LogP contribution is -2.49. The molecule has 5 nitrogen and oxygen atoms in total. The highest BCUT2D eigenvalue weighted by Gasteiger charge is 2.43. The molecule has 1 saturated heterocycles. The van der Waals surface area contributed by atoms with E-state index in [9.17, 15) is 9.59 Å². The Kier molecular flexibility index (Phi) is 3.96. The van der Waals surface area contributed by atoms with Crippen molar-refractivity contribution in [3.8, 4) is 0 Å². The Morgan fingerprint density at radius 3 is 3.09 bits per heavy atom. The fraction of sp³-hybridized carbons (Fsp3) is 0.471. The van der Waals surface area contributed by atoms with Crippen molar-refractivity contribution in [1.82, 2.24) is 15.2 Å². The van der Waals surface area contributed by atoms with E-state index in [2.05, 4.69) is 16.4 Å². The minimum atomic E-state index is -0.105. The Balaban J connectivity index is 1.75. The van der Waals surface area contributed by atoms with Crippen molar-refractivity contribution in [1.29, 1.82) is 0 Å². The summed E-state index contributed by atoms with van der Waals surface area (Å²) in [5.74, 6) is 0.0642. The first-order valence-electron chi connectivity index (χ1n) is 7.78. The Morgan fingerprint density at radius 1 is 1.45 bits per heavy atom. The molecule has 22 heavy (non-hydrogen) atoms. The Hall–Kier alpha value is -2.17. The van der Waals surface area contributed by atoms with Crippen LogP contribution in [0.25, 0.3) is 0 Å². The van der Waals surface area contributed by atoms with E-state index in [1.54, 1.807) is 29.4 Å². The van der Waals surface area contributed by atoms with E-state index in [1.807, 2.05) is 7.05 Å². The second-order valence-corrected chi connectivity index (χ2v) is 6.14. The van der Waals surface area contributed by atoms with E-state index in [0.717, 1.165) is 31.4 Å². The standard InChI is InChI=1S/C17H21N3O2/c1-20-14-6-2-3-8-17(14,9-7-15(20)21)12-19-16(22)13-5-4-10-18-11-13/h4-6,10-11H,2-3,7-9,12H2,1H3,(H,19,22). The maximum absolute atomic E-state index is 12.3. The summed E-state index contributed by atoms with van der Waals surface area (Å²) >= 11 is 0. The van der Waals surface area contributed by atoms with Crippen LogP contribution in [0.1, 0.15) is 42.5 Å². The molecule has 1 N–H and O–H groups in total. The summed E-state index contributed by atoms with van der Waals surface area (Å²) in [6, 6.07) is 3.51. The van der Waals surface area contributed by atoms with Gasteiger partial charge in [-0.25, -0.2) is 0 Å². The van der Waals surface area contributed by atoms with Crippen LogP contribution in [0.15, 0.2) is 36.3 Å². The number of pyridine rings is 1. The quantitative estimate of drug-likeness (QED) is 0.930. The Morgan fingerprint density at radius 2 is 2.32 bits per heavy atom. The number of nitrogens with zero attached hydrogens (tertiary/aromatic N) is 2. The molecule has 5 heteroatoms. The van der Waals surface area contributed by atoms with Crippen molar-refractivity contribution < 1.29 is 9.59 Å². The van der Waals surface area contributed by atoms with Gasteiger partial charge in [-0.2, -0.15) is 0 Å². The summed E-state index contributed by atoms with van der Waals surface area (Å²) in [4.78, 5) is 29.9. The molecule has 1 atom stereocenters. The van der Waals surface area contributed by atoms with Crippen LogP contribution in [0.4, 0.5) is 0 Å². The number of nitrogens with one attached hydrogen (secondary N) is 1. The van der Waals surface area contributed by atoms with Crippen LogP contribution in [0.3, 0.4) is 0 Å². The van der Waals surface area contributed by atoms with Crippen LogP contribution in [0.2, 0.25) is 0 Å². The third kappa shape index (κ3) is 2.63. The highest BCUT2D eigenvalue weighted by Crippen LogP contribution is 2.45. The zero-order valence-corrected chi connectivity index (χ0v) is 12.8. The smallest absolute Gasteiger partial charge is 0.252 e. The van der Waals surface area contributed by atoms with Gasteiger partial charge in [-0.05, 0) is 37.8 Å². The van der Waals surface area contributed by atoms with Crippen molar-refractivity contribution in [2.24, 2.45) is 5.41 Å². The molecule has 0 spiro atoms. The molecule has 2 aliphatic rings. The zero-order valence-electron chi connectivity index (χ0n) is 12.8. The van der Waals surface area contributed by atoms with Crippen LogP contribution in [-0.4, -0.2) is 35.3 Å². The van der Waals surface area contributed by atoms with E-state index in [0.29, 0.717) is 18.5 Å². The highest BCUT2D eigenvalue weighted by molar-refractivity contribution is 5.93. The molecule has 1 aromatic heterocycles. The van der Waals surface area contributed by atoms with E-state index < -0.39 is 0 Å². The van der Waals surface area contributed by atoms with Gasteiger partial charge in [0.15, 0.2) is 0 Å². The van der Waals surface area contributed by atoms with Gasteiger partial charge in [0.05, 0.1) is 5.56 Å². The number of fused-ring (bicyclic) bond motifs is 1. The molecular weight excluding hydrogens is 278 g/mol. The summed E-state index contributed by atoms with van der Waals surface area (Å²) in [5.41, 5.74) is 1.56. The molecular formula is C17H21N3O2. The minimum absolute atomic E-state index is 0.0984. The van der Waals surface area contributed by atoms with Crippen LogP contribution in [-0.2, 0) is 4.79 Å². The number of hydrogen-bond acceptors (Lipinski definition) is 3. The SMILES string of the molecule is CN1C(=O)CCC2(CNC(=O)c3cccnc3)CCCC=C12. The summed E-state index contributed by atoms with van der Waals surface area (Å²) in [5, 5.41) is 3.04. The van der Waals surface area contributed by atoms with Gasteiger partial charge in [0.25, 0.3) is 5.91 Å². The fourth-order valence-corrected chi connectivity index (χ4v) is 3.53. The monoisotopic (exact) mass is 299 g/mol. The van der Waals surface area contributed by atoms with Crippen molar-refractivity contribution in [3.05, 3.63) is 41.9 Å². The molecule has 1 unspecified atom stereocenters. The average molecular weight is 299 g/mol. The summed E-state index contributed by atoms with van der Waals surface area (Å²) in [6.07, 6.45) is 9.88. The molecule has 3 rings (SSSR count). The second kappa shape index (κ2) is 5.91. The molecule has 1 aliphatic heterocycles. The third-order valence-corrected chi connectivity index (χ3v) is 4.80. The summed E-state index contributed by atoms with van der Waals surface area (Å²) < 4.78 is 0. The van der Waals surface area contributed by atoms with Gasteiger partial charge in [0.1, 0.15) is 0 Å². The maximum Gasteiger partial charge on any atom is 0.252 e. The number of carbonyl (C=O) groups excluding carboxylic acids is 2. The lowest BCUT2D eigenvalue weighted by atomic mass is 9.70. The topological polar surface area (TPSA) is 62.3 Å². The number of rotatable bonds is 3. The number of aromatic nitrogens is 1. The third-order valence-electron chi connectivity index (χ3n) is 4.80. The van der Waals surface area contributed by atoms with Gasteiger partial charge in [0, 0.05) is 43.5 Å². The van der Waals surface area contributed by atoms with E-state index in [4.69, 9.17) is 0 Å². The molecule has 1 aliphatic carbocycles. The average Bonchev–Trinajstić information content (AvgIpc) is 2.57. The van der Waals surface area contributed by atoms with Crippen molar-refractivity contribution in [2.45, 2.75) is 32.1 Å². The second-order valence-electron chi connectivity index (χ2n) is 6.14. The summed E-state index contributed by atoms with van der Waals surface area (Å²) in [6.45, 7) is 0.574. The van der Waals surface area contributed by atoms with E-state index in [-0.39, 0.29) is 17.2 Å². The maximum atomic E-state index is 12.3. The van der Waals surface area contributed by atoms with Crippen LogP contribution < -0.4 is 5.32 Å². The first kappa shape index (κ1) is 14.8. The van der Waals surface area contributed by atoms with Crippen molar-refractivity contribution >= 4 is 11.8 Å². The number of carbonyl (C=O) groups is 2. The Bertz CT molecular complexity index is 612. The molecule has 0 radical (unpaired) electrons. The van der Waals surface area contributed by atoms with Gasteiger partial charge >= 0.3 is 0 Å².